The van der Waals surface area contributed by atoms with Gasteiger partial charge in [0.1, 0.15) is 0 Å². The molecule has 10 heteroatoms. The molecule has 0 aliphatic heterocycles. The Morgan fingerprint density at radius 3 is 0.972 bits per heavy atom. The second-order valence-corrected chi connectivity index (χ2v) is 19.4. The molecule has 0 aromatic heterocycles. The molecule has 0 bridgehead atoms. The summed E-state index contributed by atoms with van der Waals surface area (Å²) in [6.45, 7) is 19.1. The predicted molar refractivity (Wildman–Crippen MR) is 152 cm³/mol. The zero-order valence-corrected chi connectivity index (χ0v) is 25.9. The van der Waals surface area contributed by atoms with Crippen LogP contribution in [0.1, 0.15) is 66.5 Å². The minimum Gasteiger partial charge on any atom is 1.00 e. The van der Waals surface area contributed by atoms with Gasteiger partial charge in [0.2, 0.25) is 0 Å². The molecule has 0 aliphatic carbocycles. The molecule has 0 unspecified atom stereocenters. The molecule has 2 rings (SSSR count). The van der Waals surface area contributed by atoms with Crippen LogP contribution in [0, 0.1) is 0 Å². The molecule has 0 radical (unpaired) electrons. The van der Waals surface area contributed by atoms with Crippen LogP contribution in [0.5, 0.6) is 0 Å². The molecule has 2 aromatic carbocycles. The number of halogens is 6. The third-order valence-corrected chi connectivity index (χ3v) is 12.6. The molecule has 36 heavy (non-hydrogen) atoms. The van der Waals surface area contributed by atoms with Gasteiger partial charge in [-0.15, -0.1) is 0 Å². The first-order chi connectivity index (χ1) is 15.7. The van der Waals surface area contributed by atoms with Gasteiger partial charge in [-0.1, -0.05) is 48.6 Å². The van der Waals surface area contributed by atoms with E-state index in [9.17, 15) is 25.2 Å². The maximum atomic E-state index is 9.87. The second-order valence-electron chi connectivity index (χ2n) is 10.00. The molecule has 0 saturated carbocycles. The van der Waals surface area contributed by atoms with E-state index in [1.807, 2.05) is 0 Å². The van der Waals surface area contributed by atoms with Crippen molar-refractivity contribution in [1.82, 2.24) is 0 Å². The topological polar surface area (TPSA) is 0 Å². The molecule has 0 amide bonds. The van der Waals surface area contributed by atoms with Crippen molar-refractivity contribution in [1.29, 1.82) is 0 Å². The van der Waals surface area contributed by atoms with E-state index in [4.69, 9.17) is 0 Å². The van der Waals surface area contributed by atoms with E-state index in [1.54, 1.807) is 10.6 Å². The Morgan fingerprint density at radius 1 is 0.528 bits per heavy atom. The third kappa shape index (κ3) is 13.9. The summed E-state index contributed by atoms with van der Waals surface area (Å²) in [6, 6.07) is 18.2. The van der Waals surface area contributed by atoms with Crippen molar-refractivity contribution in [3.63, 3.8) is 0 Å². The van der Waals surface area contributed by atoms with Gasteiger partial charge in [0.05, 0.1) is 33.2 Å². The quantitative estimate of drug-likeness (QED) is 0.119. The second kappa shape index (κ2) is 13.1. The molecule has 0 fully saturated rings. The Balaban J connectivity index is 0.00000134. The summed E-state index contributed by atoms with van der Waals surface area (Å²) in [6.07, 6.45) is 4.76. The number of rotatable bonds is 8. The van der Waals surface area contributed by atoms with Crippen molar-refractivity contribution in [3.8, 4) is 0 Å². The smallest absolute Gasteiger partial charge is 1.00 e. The van der Waals surface area contributed by atoms with E-state index < -0.39 is 23.7 Å². The van der Waals surface area contributed by atoms with Gasteiger partial charge in [-0.3, -0.25) is 0 Å². The van der Waals surface area contributed by atoms with Crippen LogP contribution in [-0.2, 0) is 17.1 Å². The van der Waals surface area contributed by atoms with Crippen LogP contribution in [0.2, 0.25) is 0 Å². The number of hydrogen-bond acceptors (Lipinski definition) is 0. The van der Waals surface area contributed by atoms with Gasteiger partial charge >= 0.3 is 50.1 Å². The van der Waals surface area contributed by atoms with Gasteiger partial charge in [-0.05, 0) is 67.5 Å². The molecular weight excluding hydrogens is 583 g/mol. The van der Waals surface area contributed by atoms with Gasteiger partial charge in [0.25, 0.3) is 0 Å². The molecule has 0 N–H and O–H groups in total. The van der Waals surface area contributed by atoms with Gasteiger partial charge in [0, 0.05) is 27.0 Å². The van der Waals surface area contributed by atoms with E-state index in [0.29, 0.717) is 0 Å². The first-order valence-corrected chi connectivity index (χ1v) is 17.2. The molecule has 0 aliphatic rings. The van der Waals surface area contributed by atoms with Crippen molar-refractivity contribution in [2.75, 3.05) is 0 Å². The maximum absolute atomic E-state index is 10.7. The maximum Gasteiger partial charge on any atom is 1.00 e. The molecule has 0 spiro atoms. The minimum absolute atomic E-state index is 0. The third-order valence-electron chi connectivity index (χ3n) is 5.47. The Hall–Kier alpha value is -0.431. The molecule has 0 atom stereocenters. The summed E-state index contributed by atoms with van der Waals surface area (Å²) >= 11 is 0. The van der Waals surface area contributed by atoms with Crippen LogP contribution >= 0.6 is 23.7 Å². The number of hydrogen-bond donors (Lipinski definition) is 0. The average Bonchev–Trinajstić information content (AvgIpc) is 2.64. The monoisotopic (exact) mass is 622 g/mol. The van der Waals surface area contributed by atoms with E-state index in [-0.39, 0.29) is 17.1 Å². The van der Waals surface area contributed by atoms with Crippen LogP contribution in [-0.4, -0.2) is 22.6 Å². The normalized spacial score (nSPS) is 14.3. The molecular formula is C26H40CuF6P3+2. The first kappa shape index (κ1) is 35.6. The fraction of sp³-hybridized carbons (Fsp3) is 0.462. The molecule has 210 valence electrons. The van der Waals surface area contributed by atoms with E-state index in [2.05, 4.69) is 116 Å². The van der Waals surface area contributed by atoms with E-state index >= 15 is 0 Å². The fourth-order valence-corrected chi connectivity index (χ4v) is 11.3. The summed E-state index contributed by atoms with van der Waals surface area (Å²) in [4.78, 5) is 0. The molecule has 0 nitrogen and oxygen atoms in total. The Bertz CT molecular complexity index is 894. The van der Waals surface area contributed by atoms with Crippen molar-refractivity contribution in [3.05, 3.63) is 59.7 Å². The van der Waals surface area contributed by atoms with Crippen LogP contribution in [0.3, 0.4) is 0 Å². The summed E-state index contributed by atoms with van der Waals surface area (Å²) in [5.74, 6) is 0. The average molecular weight is 623 g/mol. The van der Waals surface area contributed by atoms with E-state index in [1.165, 1.54) is 11.1 Å². The Kier molecular flexibility index (Phi) is 12.9. The summed E-state index contributed by atoms with van der Waals surface area (Å²) in [7, 11) is -11.8. The summed E-state index contributed by atoms with van der Waals surface area (Å²) in [5.41, 5.74) is 5.78. The van der Waals surface area contributed by atoms with E-state index in [0.717, 1.165) is 22.6 Å². The Labute approximate surface area is 225 Å². The van der Waals surface area contributed by atoms with Crippen LogP contribution in [0.25, 0.3) is 12.2 Å². The summed E-state index contributed by atoms with van der Waals surface area (Å²) < 4.78 is 59.2. The fourth-order valence-electron chi connectivity index (χ4n) is 4.57. The largest absolute Gasteiger partial charge is 1.00 e. The zero-order chi connectivity index (χ0) is 27.3. The van der Waals surface area contributed by atoms with Gasteiger partial charge in [-0.2, -0.15) is 0 Å². The van der Waals surface area contributed by atoms with Crippen molar-refractivity contribution >= 4 is 46.4 Å². The van der Waals surface area contributed by atoms with Gasteiger partial charge < -0.3 is 0 Å². The SMILES string of the molecule is CC(C)[PH+](c1ccccc1/C=C/c1ccccc1[PH+](C(C)C)C(C)C)C(C)C.F[P-](F)(F)(F)(F)F.[Cu+]. The predicted octanol–water partition coefficient (Wildman–Crippen LogP) is 10.5. The van der Waals surface area contributed by atoms with Crippen molar-refractivity contribution in [2.45, 2.75) is 78.0 Å². The molecule has 0 heterocycles. The van der Waals surface area contributed by atoms with Crippen LogP contribution in [0.4, 0.5) is 25.2 Å². The zero-order valence-electron chi connectivity index (χ0n) is 22.1. The Morgan fingerprint density at radius 2 is 0.750 bits per heavy atom. The van der Waals surface area contributed by atoms with Gasteiger partial charge in [0.15, 0.2) is 0 Å². The van der Waals surface area contributed by atoms with Gasteiger partial charge in [-0.25, -0.2) is 0 Å². The van der Waals surface area contributed by atoms with Crippen LogP contribution < -0.4 is 10.6 Å². The number of benzene rings is 2. The summed E-state index contributed by atoms with van der Waals surface area (Å²) in [5, 5.41) is 3.17. The first-order valence-electron chi connectivity index (χ1n) is 11.9. The van der Waals surface area contributed by atoms with Crippen LogP contribution in [0.15, 0.2) is 48.5 Å². The standard InChI is InChI=1S/C26H38P2.Cu.F6P/c1-19(2)27(20(3)4)25-15-11-9-13-23(25)17-18-24-14-10-12-16-26(24)28(21(5)6)22(7)8;;1-7(2,3,4,5)6/h9-22H,1-8H3;;/q;+1;-1/p+2/b18-17+;;. The molecule has 0 saturated heterocycles. The van der Waals surface area contributed by atoms with Crippen molar-refractivity contribution < 1.29 is 42.3 Å². The molecule has 2 aromatic rings. The van der Waals surface area contributed by atoms with Crippen molar-refractivity contribution in [2.24, 2.45) is 0 Å². The minimum atomic E-state index is -10.7.